The zero-order valence-electron chi connectivity index (χ0n) is 14.0. The van der Waals surface area contributed by atoms with E-state index in [0.29, 0.717) is 22.9 Å². The van der Waals surface area contributed by atoms with Crippen LogP contribution in [0.15, 0.2) is 64.3 Å². The van der Waals surface area contributed by atoms with Gasteiger partial charge in [-0.15, -0.1) is 0 Å². The van der Waals surface area contributed by atoms with Gasteiger partial charge in [-0.05, 0) is 51.5 Å². The number of rotatable bonds is 2. The molecule has 2 aliphatic rings. The summed E-state index contributed by atoms with van der Waals surface area (Å²) in [5, 5.41) is 2.91. The van der Waals surface area contributed by atoms with E-state index in [1.165, 1.54) is 6.07 Å². The molecule has 1 heterocycles. The van der Waals surface area contributed by atoms with Crippen molar-refractivity contribution in [1.82, 2.24) is 5.32 Å². The molecule has 2 unspecified atom stereocenters. The van der Waals surface area contributed by atoms with Gasteiger partial charge < -0.3 is 5.32 Å². The maximum atomic E-state index is 13.6. The maximum absolute atomic E-state index is 13.6. The highest BCUT2D eigenvalue weighted by Gasteiger charge is 2.38. The average molecular weight is 414 g/mol. The number of hydrogen-bond acceptors (Lipinski definition) is 2. The summed E-state index contributed by atoms with van der Waals surface area (Å²) in [7, 11) is 0. The molecule has 0 spiro atoms. The summed E-state index contributed by atoms with van der Waals surface area (Å²) in [6, 6.07) is 14.6. The largest absolute Gasteiger partial charge is 0.329 e. The Morgan fingerprint density at radius 3 is 2.46 bits per heavy atom. The normalized spacial score (nSPS) is 22.8. The van der Waals surface area contributed by atoms with Crippen LogP contribution in [0.25, 0.3) is 0 Å². The van der Waals surface area contributed by atoms with Gasteiger partial charge in [0.1, 0.15) is 5.82 Å². The van der Waals surface area contributed by atoms with Crippen molar-refractivity contribution in [2.75, 3.05) is 0 Å². The van der Waals surface area contributed by atoms with E-state index >= 15 is 0 Å². The molecule has 0 radical (unpaired) electrons. The molecular weight excluding hydrogens is 397 g/mol. The summed E-state index contributed by atoms with van der Waals surface area (Å²) in [4.78, 5) is 25.2. The van der Waals surface area contributed by atoms with Crippen LogP contribution < -0.4 is 5.32 Å². The Morgan fingerprint density at radius 2 is 1.73 bits per heavy atom. The van der Waals surface area contributed by atoms with Crippen LogP contribution in [0.4, 0.5) is 4.39 Å². The monoisotopic (exact) mass is 413 g/mol. The van der Waals surface area contributed by atoms with Crippen LogP contribution in [0, 0.1) is 5.82 Å². The van der Waals surface area contributed by atoms with E-state index in [1.54, 1.807) is 12.1 Å². The number of nitrogens with one attached hydrogen (secondary N) is 1. The molecule has 2 aromatic rings. The molecule has 4 rings (SSSR count). The quantitative estimate of drug-likeness (QED) is 0.782. The lowest BCUT2D eigenvalue weighted by Gasteiger charge is -2.34. The first-order chi connectivity index (χ1) is 12.5. The molecular formula is C21H17BrFNO2. The number of Topliss-reactive ketones (excluding diaryl/α,β-unsaturated/α-hetero) is 1. The highest BCUT2D eigenvalue weighted by atomic mass is 79.9. The summed E-state index contributed by atoms with van der Waals surface area (Å²) < 4.78 is 13.9. The van der Waals surface area contributed by atoms with Crippen LogP contribution in [-0.4, -0.2) is 11.7 Å². The van der Waals surface area contributed by atoms with E-state index in [1.807, 2.05) is 30.3 Å². The number of carbonyl (C=O) groups excluding carboxylic acids is 2. The fourth-order valence-corrected chi connectivity index (χ4v) is 4.33. The van der Waals surface area contributed by atoms with Crippen LogP contribution in [0.1, 0.15) is 42.2 Å². The molecule has 0 aromatic heterocycles. The molecule has 5 heteroatoms. The standard InChI is InChI=1S/C21H17BrFNO2/c22-16-8-13(6-7-17(16)23)15-11-20(26)24-18-9-14(10-19(25)21(15)18)12-4-2-1-3-5-12/h1-8,14-15H,9-11H2,(H,24,26). The molecule has 2 aromatic carbocycles. The maximum Gasteiger partial charge on any atom is 0.225 e. The molecule has 3 nitrogen and oxygen atoms in total. The van der Waals surface area contributed by atoms with Gasteiger partial charge in [0.05, 0.1) is 4.47 Å². The number of ketones is 1. The fraction of sp³-hybridized carbons (Fsp3) is 0.238. The number of carbonyl (C=O) groups is 2. The third-order valence-corrected chi connectivity index (χ3v) is 5.76. The number of allylic oxidation sites excluding steroid dienone is 2. The summed E-state index contributed by atoms with van der Waals surface area (Å²) in [5.41, 5.74) is 3.28. The third kappa shape index (κ3) is 3.12. The van der Waals surface area contributed by atoms with Crippen molar-refractivity contribution in [3.8, 4) is 0 Å². The number of benzene rings is 2. The van der Waals surface area contributed by atoms with Gasteiger partial charge in [0.2, 0.25) is 5.91 Å². The second-order valence-corrected chi connectivity index (χ2v) is 7.66. The highest BCUT2D eigenvalue weighted by Crippen LogP contribution is 2.42. The first kappa shape index (κ1) is 17.2. The zero-order chi connectivity index (χ0) is 18.3. The van der Waals surface area contributed by atoms with Crippen molar-refractivity contribution in [2.24, 2.45) is 0 Å². The van der Waals surface area contributed by atoms with Crippen molar-refractivity contribution in [3.63, 3.8) is 0 Å². The topological polar surface area (TPSA) is 46.2 Å². The minimum absolute atomic E-state index is 0.0607. The third-order valence-electron chi connectivity index (χ3n) is 5.15. The van der Waals surface area contributed by atoms with Gasteiger partial charge in [0.15, 0.2) is 5.78 Å². The van der Waals surface area contributed by atoms with Gasteiger partial charge in [-0.1, -0.05) is 36.4 Å². The van der Waals surface area contributed by atoms with E-state index in [9.17, 15) is 14.0 Å². The molecule has 1 aliphatic heterocycles. The van der Waals surface area contributed by atoms with Crippen LogP contribution in [0.5, 0.6) is 0 Å². The van der Waals surface area contributed by atoms with Gasteiger partial charge in [-0.25, -0.2) is 4.39 Å². The Kier molecular flexibility index (Phi) is 4.49. The van der Waals surface area contributed by atoms with Crippen molar-refractivity contribution < 1.29 is 14.0 Å². The van der Waals surface area contributed by atoms with Crippen LogP contribution in [0.2, 0.25) is 0 Å². The Balaban J connectivity index is 1.73. The van der Waals surface area contributed by atoms with Gasteiger partial charge in [0, 0.05) is 30.0 Å². The molecule has 0 saturated heterocycles. The molecule has 0 fully saturated rings. The van der Waals surface area contributed by atoms with Crippen molar-refractivity contribution in [3.05, 3.63) is 81.2 Å². The summed E-state index contributed by atoms with van der Waals surface area (Å²) in [6.07, 6.45) is 1.27. The minimum Gasteiger partial charge on any atom is -0.329 e. The van der Waals surface area contributed by atoms with Gasteiger partial charge in [-0.2, -0.15) is 0 Å². The highest BCUT2D eigenvalue weighted by molar-refractivity contribution is 9.10. The Morgan fingerprint density at radius 1 is 0.962 bits per heavy atom. The van der Waals surface area contributed by atoms with Crippen LogP contribution in [0.3, 0.4) is 0 Å². The van der Waals surface area contributed by atoms with Gasteiger partial charge in [0.25, 0.3) is 0 Å². The van der Waals surface area contributed by atoms with Gasteiger partial charge in [-0.3, -0.25) is 9.59 Å². The van der Waals surface area contributed by atoms with E-state index in [4.69, 9.17) is 0 Å². The van der Waals surface area contributed by atoms with E-state index < -0.39 is 0 Å². The second kappa shape index (κ2) is 6.80. The van der Waals surface area contributed by atoms with Gasteiger partial charge >= 0.3 is 0 Å². The zero-order valence-corrected chi connectivity index (χ0v) is 15.6. The first-order valence-corrected chi connectivity index (χ1v) is 9.38. The fourth-order valence-electron chi connectivity index (χ4n) is 3.93. The number of amides is 1. The molecule has 1 amide bonds. The molecule has 0 bridgehead atoms. The minimum atomic E-state index is -0.359. The van der Waals surface area contributed by atoms with E-state index in [-0.39, 0.29) is 35.8 Å². The molecule has 2 atom stereocenters. The molecule has 1 aliphatic carbocycles. The van der Waals surface area contributed by atoms with E-state index in [0.717, 1.165) is 16.8 Å². The average Bonchev–Trinajstić information content (AvgIpc) is 2.63. The summed E-state index contributed by atoms with van der Waals surface area (Å²) in [5.74, 6) is -0.648. The Labute approximate surface area is 159 Å². The van der Waals surface area contributed by atoms with Crippen molar-refractivity contribution >= 4 is 27.6 Å². The SMILES string of the molecule is O=C1CC(c2ccc(F)c(Br)c2)C2=C(CC(c3ccccc3)CC2=O)N1. The van der Waals surface area contributed by atoms with Crippen molar-refractivity contribution in [2.45, 2.75) is 31.1 Å². The predicted octanol–water partition coefficient (Wildman–Crippen LogP) is 4.59. The summed E-state index contributed by atoms with van der Waals surface area (Å²) >= 11 is 3.19. The molecule has 26 heavy (non-hydrogen) atoms. The molecule has 132 valence electrons. The molecule has 1 N–H and O–H groups in total. The molecule has 0 saturated carbocycles. The Hall–Kier alpha value is -2.27. The lowest BCUT2D eigenvalue weighted by Crippen LogP contribution is -2.38. The predicted molar refractivity (Wildman–Crippen MR) is 100 cm³/mol. The second-order valence-electron chi connectivity index (χ2n) is 6.81. The van der Waals surface area contributed by atoms with Crippen LogP contribution in [-0.2, 0) is 9.59 Å². The lowest BCUT2D eigenvalue weighted by molar-refractivity contribution is -0.122. The van der Waals surface area contributed by atoms with Crippen LogP contribution >= 0.6 is 15.9 Å². The smallest absolute Gasteiger partial charge is 0.225 e. The number of halogens is 2. The summed E-state index contributed by atoms with van der Waals surface area (Å²) in [6.45, 7) is 0. The van der Waals surface area contributed by atoms with E-state index in [2.05, 4.69) is 21.2 Å². The number of hydrogen-bond donors (Lipinski definition) is 1. The first-order valence-electron chi connectivity index (χ1n) is 8.59. The Bertz CT molecular complexity index is 923. The van der Waals surface area contributed by atoms with Crippen molar-refractivity contribution in [1.29, 1.82) is 0 Å². The lowest BCUT2D eigenvalue weighted by atomic mass is 9.73.